The van der Waals surface area contributed by atoms with Crippen molar-refractivity contribution in [2.75, 3.05) is 24.2 Å². The van der Waals surface area contributed by atoms with Crippen LogP contribution >= 0.6 is 21.6 Å². The first-order valence-corrected chi connectivity index (χ1v) is 12.3. The summed E-state index contributed by atoms with van der Waals surface area (Å²) in [4.78, 5) is 11.4. The van der Waals surface area contributed by atoms with Gasteiger partial charge >= 0.3 is 5.97 Å². The third-order valence-corrected chi connectivity index (χ3v) is 7.74. The number of aromatic hydroxyl groups is 1. The number of nitrogens with one attached hydrogen (secondary N) is 2. The second-order valence-corrected chi connectivity index (χ2v) is 9.76. The smallest absolute Gasteiger partial charge is 0.326 e. The first kappa shape index (κ1) is 22.2. The van der Waals surface area contributed by atoms with Gasteiger partial charge in [0.25, 0.3) is 0 Å². The number of aliphatic carboxylic acids is 1. The molecule has 2 rings (SSSR count). The molecule has 1 saturated heterocycles. The van der Waals surface area contributed by atoms with Crippen LogP contribution in [-0.2, 0) is 4.79 Å². The van der Waals surface area contributed by atoms with Gasteiger partial charge in [-0.1, -0.05) is 46.6 Å². The minimum atomic E-state index is -0.884. The van der Waals surface area contributed by atoms with Gasteiger partial charge in [-0.2, -0.15) is 0 Å². The number of carboxylic acids is 1. The zero-order valence-electron chi connectivity index (χ0n) is 15.9. The molecular formula is C20H32N2O3S2. The lowest BCUT2D eigenvalue weighted by atomic mass is 10.1. The molecular weight excluding hydrogens is 380 g/mol. The number of para-hydroxylation sites is 2. The fourth-order valence-electron chi connectivity index (χ4n) is 3.13. The number of anilines is 1. The molecule has 4 N–H and O–H groups in total. The van der Waals surface area contributed by atoms with Gasteiger partial charge in [0, 0.05) is 11.0 Å². The maximum absolute atomic E-state index is 11.4. The van der Waals surface area contributed by atoms with Crippen molar-refractivity contribution in [3.63, 3.8) is 0 Å². The van der Waals surface area contributed by atoms with Crippen molar-refractivity contribution >= 4 is 33.2 Å². The quantitative estimate of drug-likeness (QED) is 0.200. The number of phenolic OH excluding ortho intramolecular Hbond substituents is 1. The van der Waals surface area contributed by atoms with Crippen molar-refractivity contribution in [3.05, 3.63) is 24.3 Å². The third-order valence-electron chi connectivity index (χ3n) is 4.74. The van der Waals surface area contributed by atoms with Crippen molar-refractivity contribution in [3.8, 4) is 5.75 Å². The molecule has 1 aliphatic heterocycles. The molecule has 1 heterocycles. The molecule has 0 amide bonds. The number of hydrogen-bond acceptors (Lipinski definition) is 6. The molecule has 5 nitrogen and oxygen atoms in total. The lowest BCUT2D eigenvalue weighted by Gasteiger charge is -2.16. The van der Waals surface area contributed by atoms with Crippen LogP contribution < -0.4 is 10.6 Å². The van der Waals surface area contributed by atoms with Crippen LogP contribution in [0.3, 0.4) is 0 Å². The van der Waals surface area contributed by atoms with E-state index in [9.17, 15) is 15.0 Å². The van der Waals surface area contributed by atoms with Gasteiger partial charge in [0.05, 0.1) is 5.69 Å². The van der Waals surface area contributed by atoms with Crippen LogP contribution in [0.2, 0.25) is 0 Å². The molecule has 0 radical (unpaired) electrons. The highest BCUT2D eigenvalue weighted by Gasteiger charge is 2.18. The van der Waals surface area contributed by atoms with Gasteiger partial charge in [0.1, 0.15) is 11.8 Å². The summed E-state index contributed by atoms with van der Waals surface area (Å²) in [7, 11) is 4.08. The molecule has 2 unspecified atom stereocenters. The van der Waals surface area contributed by atoms with Crippen LogP contribution in [-0.4, -0.2) is 46.3 Å². The fourth-order valence-corrected chi connectivity index (χ4v) is 6.16. The number of phenols is 1. The zero-order chi connectivity index (χ0) is 19.3. The second kappa shape index (κ2) is 13.2. The highest BCUT2D eigenvalue weighted by molar-refractivity contribution is 8.77. The Kier molecular flexibility index (Phi) is 10.9. The molecule has 27 heavy (non-hydrogen) atoms. The predicted molar refractivity (Wildman–Crippen MR) is 117 cm³/mol. The molecule has 152 valence electrons. The van der Waals surface area contributed by atoms with Crippen molar-refractivity contribution in [1.82, 2.24) is 5.32 Å². The van der Waals surface area contributed by atoms with Gasteiger partial charge in [-0.05, 0) is 63.7 Å². The summed E-state index contributed by atoms with van der Waals surface area (Å²) in [6, 6.07) is 6.06. The van der Waals surface area contributed by atoms with E-state index >= 15 is 0 Å². The molecule has 0 aromatic heterocycles. The number of carbonyl (C=O) groups is 1. The van der Waals surface area contributed by atoms with E-state index in [1.165, 1.54) is 37.9 Å². The lowest BCUT2D eigenvalue weighted by Crippen LogP contribution is -2.29. The number of rotatable bonds is 14. The van der Waals surface area contributed by atoms with E-state index < -0.39 is 12.0 Å². The Hall–Kier alpha value is -1.05. The van der Waals surface area contributed by atoms with Crippen LogP contribution in [0.5, 0.6) is 5.75 Å². The molecule has 0 spiro atoms. The normalized spacial score (nSPS) is 17.7. The van der Waals surface area contributed by atoms with E-state index in [1.807, 2.05) is 10.8 Å². The molecule has 0 saturated carbocycles. The van der Waals surface area contributed by atoms with Crippen LogP contribution in [0.4, 0.5) is 5.69 Å². The number of carboxylic acid groups (broad SMARTS) is 1. The van der Waals surface area contributed by atoms with E-state index in [-0.39, 0.29) is 5.75 Å². The standard InChI is InChI=1S/C20H32N2O3S2/c23-19-11-4-3-9-17(19)22-18(20(24)25)10-5-7-14-21-13-6-1-2-8-16-12-15-26-27-16/h3-4,9,11,16,18,21-23H,1-2,5-8,10,12-15H2,(H,24,25). The summed E-state index contributed by atoms with van der Waals surface area (Å²) in [6.45, 7) is 1.98. The topological polar surface area (TPSA) is 81.6 Å². The van der Waals surface area contributed by atoms with E-state index in [4.69, 9.17) is 0 Å². The molecule has 0 bridgehead atoms. The summed E-state index contributed by atoms with van der Waals surface area (Å²) in [5, 5.41) is 26.4. The Labute approximate surface area is 170 Å². The van der Waals surface area contributed by atoms with Crippen molar-refractivity contribution < 1.29 is 15.0 Å². The first-order chi connectivity index (χ1) is 13.2. The van der Waals surface area contributed by atoms with Crippen molar-refractivity contribution in [1.29, 1.82) is 0 Å². The van der Waals surface area contributed by atoms with Crippen molar-refractivity contribution in [2.45, 2.75) is 62.7 Å². The van der Waals surface area contributed by atoms with Crippen molar-refractivity contribution in [2.24, 2.45) is 0 Å². The lowest BCUT2D eigenvalue weighted by molar-refractivity contribution is -0.138. The molecule has 7 heteroatoms. The first-order valence-electron chi connectivity index (χ1n) is 9.93. The van der Waals surface area contributed by atoms with Gasteiger partial charge in [-0.15, -0.1) is 0 Å². The second-order valence-electron chi connectivity index (χ2n) is 6.98. The van der Waals surface area contributed by atoms with E-state index in [0.29, 0.717) is 12.1 Å². The summed E-state index contributed by atoms with van der Waals surface area (Å²) in [5.74, 6) is 0.516. The van der Waals surface area contributed by atoms with Crippen LogP contribution in [0.25, 0.3) is 0 Å². The molecule has 0 aliphatic carbocycles. The Balaban J connectivity index is 1.48. The number of hydrogen-bond donors (Lipinski definition) is 4. The molecule has 2 atom stereocenters. The monoisotopic (exact) mass is 412 g/mol. The Bertz CT molecular complexity index is 554. The minimum absolute atomic E-state index is 0.0793. The minimum Gasteiger partial charge on any atom is -0.506 e. The van der Waals surface area contributed by atoms with Gasteiger partial charge in [-0.25, -0.2) is 4.79 Å². The average Bonchev–Trinajstić information content (AvgIpc) is 3.17. The maximum Gasteiger partial charge on any atom is 0.326 e. The molecule has 1 aromatic carbocycles. The summed E-state index contributed by atoms with van der Waals surface area (Å²) in [5.41, 5.74) is 0.470. The van der Waals surface area contributed by atoms with Crippen LogP contribution in [0.15, 0.2) is 24.3 Å². The highest BCUT2D eigenvalue weighted by Crippen LogP contribution is 2.39. The Morgan fingerprint density at radius 3 is 2.63 bits per heavy atom. The summed E-state index contributed by atoms with van der Waals surface area (Å²) in [6.07, 6.45) is 8.92. The zero-order valence-corrected chi connectivity index (χ0v) is 17.5. The van der Waals surface area contributed by atoms with E-state index in [0.717, 1.165) is 31.2 Å². The largest absolute Gasteiger partial charge is 0.506 e. The van der Waals surface area contributed by atoms with Gasteiger partial charge in [0.15, 0.2) is 0 Å². The van der Waals surface area contributed by atoms with E-state index in [2.05, 4.69) is 21.4 Å². The van der Waals surface area contributed by atoms with Gasteiger partial charge in [0.2, 0.25) is 0 Å². The number of benzene rings is 1. The van der Waals surface area contributed by atoms with Crippen LogP contribution in [0.1, 0.15) is 51.4 Å². The third kappa shape index (κ3) is 9.12. The summed E-state index contributed by atoms with van der Waals surface area (Å²) < 4.78 is 0. The molecule has 1 fully saturated rings. The molecule has 1 aliphatic rings. The fraction of sp³-hybridized carbons (Fsp3) is 0.650. The summed E-state index contributed by atoms with van der Waals surface area (Å²) >= 11 is 0. The predicted octanol–water partition coefficient (Wildman–Crippen LogP) is 4.73. The van der Waals surface area contributed by atoms with E-state index in [1.54, 1.807) is 24.3 Å². The Morgan fingerprint density at radius 1 is 1.15 bits per heavy atom. The SMILES string of the molecule is O=C(O)C(CCCCNCCCCCC1CCSS1)Nc1ccccc1O. The van der Waals surface area contributed by atoms with Crippen LogP contribution in [0, 0.1) is 0 Å². The molecule has 1 aromatic rings. The average molecular weight is 413 g/mol. The van der Waals surface area contributed by atoms with Gasteiger partial charge < -0.3 is 20.8 Å². The van der Waals surface area contributed by atoms with Gasteiger partial charge in [-0.3, -0.25) is 0 Å². The highest BCUT2D eigenvalue weighted by atomic mass is 33.1. The Morgan fingerprint density at radius 2 is 1.93 bits per heavy atom. The maximum atomic E-state index is 11.4. The number of unbranched alkanes of at least 4 members (excludes halogenated alkanes) is 3.